The quantitative estimate of drug-likeness (QED) is 0.430. The van der Waals surface area contributed by atoms with Crippen LogP contribution < -0.4 is 0 Å². The molecule has 0 saturated carbocycles. The van der Waals surface area contributed by atoms with Gasteiger partial charge in [-0.1, -0.05) is 0 Å². The Morgan fingerprint density at radius 3 is 2.80 bits per heavy atom. The molecule has 0 fully saturated rings. The molecule has 1 aromatic rings. The highest BCUT2D eigenvalue weighted by atomic mass is 16.3. The second-order valence-corrected chi connectivity index (χ2v) is 1.85. The van der Waals surface area contributed by atoms with Gasteiger partial charge in [0.25, 0.3) is 5.78 Å². The van der Waals surface area contributed by atoms with E-state index in [1.807, 2.05) is 0 Å². The lowest BCUT2D eigenvalue weighted by molar-refractivity contribution is 0.102. The van der Waals surface area contributed by atoms with Gasteiger partial charge < -0.3 is 4.42 Å². The summed E-state index contributed by atoms with van der Waals surface area (Å²) < 4.78 is 4.86. The third kappa shape index (κ3) is 1.06. The van der Waals surface area contributed by atoms with E-state index in [2.05, 4.69) is 0 Å². The van der Waals surface area contributed by atoms with Crippen LogP contribution in [0.2, 0.25) is 0 Å². The molecule has 0 radical (unpaired) electrons. The topological polar surface area (TPSA) is 54.0 Å². The molecule has 1 heterocycles. The fourth-order valence-electron chi connectivity index (χ4n) is 0.612. The van der Waals surface area contributed by atoms with Gasteiger partial charge in [-0.2, -0.15) is 5.26 Å². The van der Waals surface area contributed by atoms with Crippen LogP contribution in [0.4, 0.5) is 0 Å². The third-order valence-corrected chi connectivity index (χ3v) is 1.07. The Labute approximate surface area is 57.9 Å². The first kappa shape index (κ1) is 6.56. The first-order chi connectivity index (χ1) is 4.74. The smallest absolute Gasteiger partial charge is 0.297 e. The molecule has 0 atom stereocenters. The molecule has 0 aliphatic carbocycles. The van der Waals surface area contributed by atoms with E-state index < -0.39 is 5.78 Å². The summed E-state index contributed by atoms with van der Waals surface area (Å²) in [5, 5.41) is 8.14. The fraction of sp³-hybridized carbons (Fsp3) is 0.143. The summed E-state index contributed by atoms with van der Waals surface area (Å²) in [5.74, 6) is 0.117. The number of nitrogens with zero attached hydrogens (tertiary/aromatic N) is 1. The SMILES string of the molecule is Cc1ccc(C(=O)C#N)o1. The first-order valence-corrected chi connectivity index (χ1v) is 2.75. The number of hydrogen-bond donors (Lipinski definition) is 0. The van der Waals surface area contributed by atoms with E-state index in [9.17, 15) is 4.79 Å². The monoisotopic (exact) mass is 135 g/mol. The van der Waals surface area contributed by atoms with Crippen molar-refractivity contribution in [2.75, 3.05) is 0 Å². The molecule has 0 aromatic carbocycles. The van der Waals surface area contributed by atoms with E-state index in [1.54, 1.807) is 13.0 Å². The van der Waals surface area contributed by atoms with Crippen molar-refractivity contribution in [3.63, 3.8) is 0 Å². The number of rotatable bonds is 1. The Kier molecular flexibility index (Phi) is 1.55. The predicted molar refractivity (Wildman–Crippen MR) is 33.4 cm³/mol. The molecule has 1 aromatic heterocycles. The molecular formula is C7H5NO2. The van der Waals surface area contributed by atoms with E-state index in [1.165, 1.54) is 12.1 Å². The number of Topliss-reactive ketones (excluding diaryl/α,β-unsaturated/α-hetero) is 1. The molecule has 0 N–H and O–H groups in total. The van der Waals surface area contributed by atoms with E-state index >= 15 is 0 Å². The van der Waals surface area contributed by atoms with Crippen LogP contribution in [0, 0.1) is 18.3 Å². The maximum Gasteiger partial charge on any atom is 0.297 e. The second-order valence-electron chi connectivity index (χ2n) is 1.85. The minimum absolute atomic E-state index is 0.111. The Morgan fingerprint density at radius 2 is 2.40 bits per heavy atom. The Bertz CT molecular complexity index is 293. The zero-order chi connectivity index (χ0) is 7.56. The fourth-order valence-corrected chi connectivity index (χ4v) is 0.612. The minimum Gasteiger partial charge on any atom is -0.457 e. The average Bonchev–Trinajstić information content (AvgIpc) is 2.34. The van der Waals surface area contributed by atoms with Gasteiger partial charge in [0.1, 0.15) is 11.8 Å². The molecule has 0 aliphatic rings. The zero-order valence-electron chi connectivity index (χ0n) is 5.42. The lowest BCUT2D eigenvalue weighted by Crippen LogP contribution is -1.89. The van der Waals surface area contributed by atoms with Crippen LogP contribution in [-0.2, 0) is 0 Å². The molecule has 3 heteroatoms. The van der Waals surface area contributed by atoms with Crippen LogP contribution >= 0.6 is 0 Å². The van der Waals surface area contributed by atoms with Gasteiger partial charge in [0.2, 0.25) is 0 Å². The van der Waals surface area contributed by atoms with Crippen LogP contribution in [0.3, 0.4) is 0 Å². The third-order valence-electron chi connectivity index (χ3n) is 1.07. The Morgan fingerprint density at radius 1 is 1.70 bits per heavy atom. The summed E-state index contributed by atoms with van der Waals surface area (Å²) in [5.41, 5.74) is 0. The van der Waals surface area contributed by atoms with Crippen LogP contribution in [-0.4, -0.2) is 5.78 Å². The highest BCUT2D eigenvalue weighted by molar-refractivity contribution is 6.05. The second kappa shape index (κ2) is 2.36. The van der Waals surface area contributed by atoms with Crippen LogP contribution in [0.25, 0.3) is 0 Å². The molecule has 0 unspecified atom stereocenters. The normalized spacial score (nSPS) is 8.80. The summed E-state index contributed by atoms with van der Waals surface area (Å²) in [6.07, 6.45) is 0. The Hall–Kier alpha value is -1.56. The lowest BCUT2D eigenvalue weighted by Gasteiger charge is -1.81. The van der Waals surface area contributed by atoms with E-state index in [0.717, 1.165) is 0 Å². The van der Waals surface area contributed by atoms with E-state index in [-0.39, 0.29) is 5.76 Å². The van der Waals surface area contributed by atoms with Crippen LogP contribution in [0.5, 0.6) is 0 Å². The number of ketones is 1. The largest absolute Gasteiger partial charge is 0.457 e. The van der Waals surface area contributed by atoms with Crippen LogP contribution in [0.15, 0.2) is 16.5 Å². The summed E-state index contributed by atoms with van der Waals surface area (Å²) in [6, 6.07) is 4.59. The Balaban J connectivity index is 2.98. The van der Waals surface area contributed by atoms with E-state index in [4.69, 9.17) is 9.68 Å². The van der Waals surface area contributed by atoms with Gasteiger partial charge in [0, 0.05) is 0 Å². The average molecular weight is 135 g/mol. The summed E-state index contributed by atoms with van der Waals surface area (Å²) in [7, 11) is 0. The molecule has 0 spiro atoms. The van der Waals surface area contributed by atoms with Gasteiger partial charge in [-0.05, 0) is 19.1 Å². The van der Waals surface area contributed by atoms with Crippen molar-refractivity contribution >= 4 is 5.78 Å². The molecule has 1 rings (SSSR count). The molecule has 0 saturated heterocycles. The highest BCUT2D eigenvalue weighted by Crippen LogP contribution is 2.05. The molecule has 0 bridgehead atoms. The number of nitriles is 1. The number of furan rings is 1. The summed E-state index contributed by atoms with van der Waals surface area (Å²) in [4.78, 5) is 10.6. The maximum atomic E-state index is 10.6. The number of aryl methyl sites for hydroxylation is 1. The zero-order valence-corrected chi connectivity index (χ0v) is 5.42. The maximum absolute atomic E-state index is 10.6. The van der Waals surface area contributed by atoms with Crippen molar-refractivity contribution in [3.05, 3.63) is 23.7 Å². The summed E-state index contributed by atoms with van der Waals surface area (Å²) in [6.45, 7) is 1.72. The first-order valence-electron chi connectivity index (χ1n) is 2.75. The van der Waals surface area contributed by atoms with Crippen molar-refractivity contribution in [1.82, 2.24) is 0 Å². The minimum atomic E-state index is -0.631. The molecule has 0 aliphatic heterocycles. The van der Waals surface area contributed by atoms with Gasteiger partial charge >= 0.3 is 0 Å². The van der Waals surface area contributed by atoms with Gasteiger partial charge in [-0.15, -0.1) is 0 Å². The van der Waals surface area contributed by atoms with Crippen molar-refractivity contribution in [1.29, 1.82) is 5.26 Å². The van der Waals surface area contributed by atoms with Crippen molar-refractivity contribution in [3.8, 4) is 6.07 Å². The molecule has 10 heavy (non-hydrogen) atoms. The van der Waals surface area contributed by atoms with Crippen LogP contribution in [0.1, 0.15) is 16.3 Å². The molecule has 50 valence electrons. The van der Waals surface area contributed by atoms with E-state index in [0.29, 0.717) is 5.76 Å². The predicted octanol–water partition coefficient (Wildman–Crippen LogP) is 1.29. The number of carbonyl (C=O) groups is 1. The van der Waals surface area contributed by atoms with Gasteiger partial charge in [-0.3, -0.25) is 4.79 Å². The summed E-state index contributed by atoms with van der Waals surface area (Å²) >= 11 is 0. The molecular weight excluding hydrogens is 130 g/mol. The van der Waals surface area contributed by atoms with Crippen molar-refractivity contribution in [2.24, 2.45) is 0 Å². The lowest BCUT2D eigenvalue weighted by atomic mass is 10.3. The molecule has 0 amide bonds. The number of carbonyl (C=O) groups excluding carboxylic acids is 1. The standard InChI is InChI=1S/C7H5NO2/c1-5-2-3-7(10-5)6(9)4-8/h2-3H,1H3. The van der Waals surface area contributed by atoms with Crippen molar-refractivity contribution < 1.29 is 9.21 Å². The number of hydrogen-bond acceptors (Lipinski definition) is 3. The van der Waals surface area contributed by atoms with Gasteiger partial charge in [0.15, 0.2) is 5.76 Å². The van der Waals surface area contributed by atoms with Gasteiger partial charge in [-0.25, -0.2) is 0 Å². The van der Waals surface area contributed by atoms with Gasteiger partial charge in [0.05, 0.1) is 0 Å². The van der Waals surface area contributed by atoms with Crippen molar-refractivity contribution in [2.45, 2.75) is 6.92 Å². The highest BCUT2D eigenvalue weighted by Gasteiger charge is 2.06. The molecule has 3 nitrogen and oxygen atoms in total.